The van der Waals surface area contributed by atoms with Gasteiger partial charge in [-0.1, -0.05) is 0 Å². The van der Waals surface area contributed by atoms with Gasteiger partial charge in [0.1, 0.15) is 4.90 Å². The van der Waals surface area contributed by atoms with Gasteiger partial charge < -0.3 is 11.1 Å². The number of halogens is 1. The molecule has 102 valence electrons. The van der Waals surface area contributed by atoms with Crippen LogP contribution < -0.4 is 16.2 Å². The Morgan fingerprint density at radius 1 is 1.32 bits per heavy atom. The van der Waals surface area contributed by atoms with Crippen molar-refractivity contribution in [3.63, 3.8) is 0 Å². The smallest absolute Gasteiger partial charge is 0.240 e. The van der Waals surface area contributed by atoms with Gasteiger partial charge in [0.05, 0.1) is 5.69 Å². The minimum Gasteiger partial charge on any atom is -0.398 e. The van der Waals surface area contributed by atoms with E-state index in [2.05, 4.69) is 21.2 Å². The highest BCUT2D eigenvalue weighted by Gasteiger charge is 2.12. The van der Waals surface area contributed by atoms with E-state index >= 15 is 0 Å². The average Bonchev–Trinajstić information content (AvgIpc) is 2.71. The maximum atomic E-state index is 11.2. The lowest BCUT2D eigenvalue weighted by atomic mass is 10.3. The number of benzene rings is 1. The molecule has 0 fully saturated rings. The standard InChI is InChI=1S/C11H12BrN3O2S2/c12-7-3-9(18-6-7)5-15-8-1-2-11(10(13)4-8)19(14,16)17/h1-4,6,15H,5,13H2,(H2,14,16,17). The van der Waals surface area contributed by atoms with Gasteiger partial charge in [-0.15, -0.1) is 11.3 Å². The molecule has 0 atom stereocenters. The molecule has 0 aliphatic carbocycles. The number of hydrogen-bond donors (Lipinski definition) is 3. The van der Waals surface area contributed by atoms with Crippen LogP contribution in [0.3, 0.4) is 0 Å². The van der Waals surface area contributed by atoms with Crippen molar-refractivity contribution in [3.05, 3.63) is 39.0 Å². The second-order valence-electron chi connectivity index (χ2n) is 3.88. The first-order valence-electron chi connectivity index (χ1n) is 5.25. The van der Waals surface area contributed by atoms with Crippen LogP contribution in [-0.2, 0) is 16.6 Å². The van der Waals surface area contributed by atoms with Gasteiger partial charge in [0, 0.05) is 27.0 Å². The van der Waals surface area contributed by atoms with Gasteiger partial charge in [-0.25, -0.2) is 13.6 Å². The van der Waals surface area contributed by atoms with Gasteiger partial charge in [-0.2, -0.15) is 0 Å². The zero-order valence-corrected chi connectivity index (χ0v) is 13.0. The zero-order chi connectivity index (χ0) is 14.0. The molecule has 5 N–H and O–H groups in total. The first-order chi connectivity index (χ1) is 8.86. The topological polar surface area (TPSA) is 98.2 Å². The molecule has 1 aromatic carbocycles. The molecule has 0 spiro atoms. The van der Waals surface area contributed by atoms with Gasteiger partial charge in [-0.3, -0.25) is 0 Å². The Labute approximate surface area is 123 Å². The summed E-state index contributed by atoms with van der Waals surface area (Å²) in [7, 11) is -3.77. The molecule has 0 saturated carbocycles. The van der Waals surface area contributed by atoms with Gasteiger partial charge in [0.2, 0.25) is 10.0 Å². The summed E-state index contributed by atoms with van der Waals surface area (Å²) in [6.45, 7) is 0.643. The lowest BCUT2D eigenvalue weighted by Gasteiger charge is -2.08. The van der Waals surface area contributed by atoms with E-state index in [0.29, 0.717) is 6.54 Å². The monoisotopic (exact) mass is 361 g/mol. The highest BCUT2D eigenvalue weighted by atomic mass is 79.9. The van der Waals surface area contributed by atoms with Crippen molar-refractivity contribution in [3.8, 4) is 0 Å². The fourth-order valence-electron chi connectivity index (χ4n) is 1.55. The summed E-state index contributed by atoms with van der Waals surface area (Å²) in [5, 5.41) is 10.2. The van der Waals surface area contributed by atoms with Gasteiger partial charge in [0.25, 0.3) is 0 Å². The third-order valence-corrected chi connectivity index (χ3v) is 5.09. The van der Waals surface area contributed by atoms with Crippen molar-refractivity contribution in [2.75, 3.05) is 11.1 Å². The maximum absolute atomic E-state index is 11.2. The van der Waals surface area contributed by atoms with E-state index in [1.807, 2.05) is 11.4 Å². The highest BCUT2D eigenvalue weighted by Crippen LogP contribution is 2.24. The molecular formula is C11H12BrN3O2S2. The quantitative estimate of drug-likeness (QED) is 0.727. The first kappa shape index (κ1) is 14.3. The summed E-state index contributed by atoms with van der Waals surface area (Å²) < 4.78 is 23.5. The third-order valence-electron chi connectivity index (χ3n) is 2.40. The fraction of sp³-hybridized carbons (Fsp3) is 0.0909. The van der Waals surface area contributed by atoms with E-state index in [9.17, 15) is 8.42 Å². The van der Waals surface area contributed by atoms with E-state index in [0.717, 1.165) is 15.0 Å². The van der Waals surface area contributed by atoms with Gasteiger partial charge in [0.15, 0.2) is 0 Å². The molecular weight excluding hydrogens is 350 g/mol. The van der Waals surface area contributed by atoms with Gasteiger partial charge in [-0.05, 0) is 40.2 Å². The number of rotatable bonds is 4. The Kier molecular flexibility index (Phi) is 4.14. The van der Waals surface area contributed by atoms with Gasteiger partial charge >= 0.3 is 0 Å². The second-order valence-corrected chi connectivity index (χ2v) is 7.32. The average molecular weight is 362 g/mol. The summed E-state index contributed by atoms with van der Waals surface area (Å²) in [5.74, 6) is 0. The van der Waals surface area contributed by atoms with E-state index in [1.165, 1.54) is 6.07 Å². The number of nitrogen functional groups attached to an aromatic ring is 1. The molecule has 0 radical (unpaired) electrons. The van der Waals surface area contributed by atoms with E-state index in [4.69, 9.17) is 10.9 Å². The lowest BCUT2D eigenvalue weighted by molar-refractivity contribution is 0.598. The van der Waals surface area contributed by atoms with Crippen molar-refractivity contribution in [2.24, 2.45) is 5.14 Å². The molecule has 0 aliphatic rings. The summed E-state index contributed by atoms with van der Waals surface area (Å²) in [4.78, 5) is 1.10. The van der Waals surface area contributed by atoms with Crippen molar-refractivity contribution in [1.29, 1.82) is 0 Å². The molecule has 0 aliphatic heterocycles. The number of anilines is 2. The third kappa shape index (κ3) is 3.69. The Hall–Kier alpha value is -1.09. The number of thiophene rings is 1. The summed E-state index contributed by atoms with van der Waals surface area (Å²) in [6.07, 6.45) is 0. The molecule has 2 rings (SSSR count). The number of sulfonamides is 1. The largest absolute Gasteiger partial charge is 0.398 e. The number of hydrogen-bond acceptors (Lipinski definition) is 5. The minimum atomic E-state index is -3.77. The van der Waals surface area contributed by atoms with Crippen LogP contribution in [0.1, 0.15) is 4.88 Å². The zero-order valence-electron chi connectivity index (χ0n) is 9.76. The predicted molar refractivity (Wildman–Crippen MR) is 81.6 cm³/mol. The fourth-order valence-corrected chi connectivity index (χ4v) is 3.59. The van der Waals surface area contributed by atoms with Crippen LogP contribution in [0.25, 0.3) is 0 Å². The van der Waals surface area contributed by atoms with Crippen LogP contribution in [0.5, 0.6) is 0 Å². The van der Waals surface area contributed by atoms with Crippen LogP contribution in [0.2, 0.25) is 0 Å². The Bertz CT molecular complexity index is 698. The van der Waals surface area contributed by atoms with Crippen LogP contribution in [-0.4, -0.2) is 8.42 Å². The van der Waals surface area contributed by atoms with Crippen LogP contribution in [0.4, 0.5) is 11.4 Å². The normalized spacial score (nSPS) is 11.5. The molecule has 19 heavy (non-hydrogen) atoms. The van der Waals surface area contributed by atoms with Crippen molar-refractivity contribution in [2.45, 2.75) is 11.4 Å². The molecule has 1 aromatic heterocycles. The molecule has 0 bridgehead atoms. The minimum absolute atomic E-state index is 0.0584. The van der Waals surface area contributed by atoms with Crippen molar-refractivity contribution < 1.29 is 8.42 Å². The van der Waals surface area contributed by atoms with E-state index < -0.39 is 10.0 Å². The summed E-state index contributed by atoms with van der Waals surface area (Å²) in [5.41, 5.74) is 6.56. The molecule has 0 unspecified atom stereocenters. The van der Waals surface area contributed by atoms with Crippen LogP contribution in [0, 0.1) is 0 Å². The molecule has 8 heteroatoms. The SMILES string of the molecule is Nc1cc(NCc2cc(Br)cs2)ccc1S(N)(=O)=O. The number of nitrogens with one attached hydrogen (secondary N) is 1. The summed E-state index contributed by atoms with van der Waals surface area (Å²) >= 11 is 5.01. The predicted octanol–water partition coefficient (Wildman–Crippen LogP) is 2.35. The highest BCUT2D eigenvalue weighted by molar-refractivity contribution is 9.10. The van der Waals surface area contributed by atoms with E-state index in [1.54, 1.807) is 23.5 Å². The molecule has 5 nitrogen and oxygen atoms in total. The second kappa shape index (κ2) is 5.49. The molecule has 0 saturated heterocycles. The molecule has 1 heterocycles. The number of primary sulfonamides is 1. The summed E-state index contributed by atoms with van der Waals surface area (Å²) in [6, 6.07) is 6.61. The van der Waals surface area contributed by atoms with Crippen LogP contribution >= 0.6 is 27.3 Å². The molecule has 0 amide bonds. The molecule has 2 aromatic rings. The Morgan fingerprint density at radius 2 is 2.05 bits per heavy atom. The Balaban J connectivity index is 2.12. The lowest BCUT2D eigenvalue weighted by Crippen LogP contribution is -2.14. The van der Waals surface area contributed by atoms with Crippen LogP contribution in [0.15, 0.2) is 39.0 Å². The first-order valence-corrected chi connectivity index (χ1v) is 8.47. The maximum Gasteiger partial charge on any atom is 0.240 e. The van der Waals surface area contributed by atoms with Crippen molar-refractivity contribution >= 4 is 48.7 Å². The Morgan fingerprint density at radius 3 is 2.58 bits per heavy atom. The van der Waals surface area contributed by atoms with Crippen molar-refractivity contribution in [1.82, 2.24) is 0 Å². The van der Waals surface area contributed by atoms with E-state index in [-0.39, 0.29) is 10.6 Å². The number of nitrogens with two attached hydrogens (primary N) is 2.